The molecule has 1 saturated heterocycles. The van der Waals surface area contributed by atoms with Crippen LogP contribution < -0.4 is 0 Å². The van der Waals surface area contributed by atoms with Crippen LogP contribution in [0.2, 0.25) is 0 Å². The Labute approximate surface area is 146 Å². The van der Waals surface area contributed by atoms with Crippen LogP contribution in [0.5, 0.6) is 0 Å². The summed E-state index contributed by atoms with van der Waals surface area (Å²) in [5.74, 6) is 1.39. The Morgan fingerprint density at radius 1 is 1.32 bits per heavy atom. The van der Waals surface area contributed by atoms with Crippen LogP contribution in [0.15, 0.2) is 30.5 Å². The molecule has 1 aliphatic rings. The van der Waals surface area contributed by atoms with Gasteiger partial charge in [0.1, 0.15) is 12.4 Å². The van der Waals surface area contributed by atoms with Crippen molar-refractivity contribution in [1.29, 1.82) is 0 Å². The van der Waals surface area contributed by atoms with E-state index in [1.807, 2.05) is 46.9 Å². The first kappa shape index (κ1) is 15.9. The standard InChI is InChI=1S/C19H23N5O/c1-13-10-20-22-19(13)15-6-5-9-23(11-15)18(25)12-24-14(2)21-16-7-3-4-8-17(16)24/h3-4,7-8,10,15H,5-6,9,11-12H2,1-2H3,(H,20,22)/t15-/m0/s1. The zero-order valence-electron chi connectivity index (χ0n) is 14.7. The van der Waals surface area contributed by atoms with Crippen LogP contribution in [0.4, 0.5) is 0 Å². The summed E-state index contributed by atoms with van der Waals surface area (Å²) in [6, 6.07) is 7.97. The zero-order chi connectivity index (χ0) is 17.4. The van der Waals surface area contributed by atoms with Gasteiger partial charge in [-0.1, -0.05) is 12.1 Å². The highest BCUT2D eigenvalue weighted by Gasteiger charge is 2.27. The van der Waals surface area contributed by atoms with Crippen molar-refractivity contribution < 1.29 is 4.79 Å². The molecule has 0 unspecified atom stereocenters. The number of hydrogen-bond donors (Lipinski definition) is 1. The van der Waals surface area contributed by atoms with E-state index < -0.39 is 0 Å². The van der Waals surface area contributed by atoms with Crippen molar-refractivity contribution in [2.24, 2.45) is 0 Å². The van der Waals surface area contributed by atoms with E-state index in [4.69, 9.17) is 0 Å². The molecule has 3 heterocycles. The largest absolute Gasteiger partial charge is 0.340 e. The molecule has 3 aromatic rings. The normalized spacial score (nSPS) is 18.0. The molecule has 25 heavy (non-hydrogen) atoms. The van der Waals surface area contributed by atoms with Crippen LogP contribution in [0.25, 0.3) is 11.0 Å². The number of fused-ring (bicyclic) bond motifs is 1. The maximum absolute atomic E-state index is 12.9. The minimum atomic E-state index is 0.160. The minimum absolute atomic E-state index is 0.160. The van der Waals surface area contributed by atoms with Gasteiger partial charge in [0.15, 0.2) is 0 Å². The number of H-pyrrole nitrogens is 1. The number of benzene rings is 1. The summed E-state index contributed by atoms with van der Waals surface area (Å²) in [7, 11) is 0. The number of imidazole rings is 1. The van der Waals surface area contributed by atoms with Gasteiger partial charge < -0.3 is 9.47 Å². The number of carbonyl (C=O) groups excluding carboxylic acids is 1. The highest BCUT2D eigenvalue weighted by atomic mass is 16.2. The van der Waals surface area contributed by atoms with Crippen LogP contribution in [0.3, 0.4) is 0 Å². The van der Waals surface area contributed by atoms with Gasteiger partial charge in [-0.2, -0.15) is 5.10 Å². The maximum Gasteiger partial charge on any atom is 0.242 e. The van der Waals surface area contributed by atoms with Crippen molar-refractivity contribution in [2.45, 2.75) is 39.2 Å². The number of carbonyl (C=O) groups is 1. The number of rotatable bonds is 3. The third-order valence-electron chi connectivity index (χ3n) is 5.19. The van der Waals surface area contributed by atoms with E-state index in [1.54, 1.807) is 0 Å². The number of aryl methyl sites for hydroxylation is 2. The van der Waals surface area contributed by atoms with Gasteiger partial charge in [0, 0.05) is 24.7 Å². The number of likely N-dealkylation sites (tertiary alicyclic amines) is 1. The molecule has 0 spiro atoms. The number of aromatic amines is 1. The third-order valence-corrected chi connectivity index (χ3v) is 5.19. The summed E-state index contributed by atoms with van der Waals surface area (Å²) in [6.45, 7) is 5.96. The number of aromatic nitrogens is 4. The molecule has 1 fully saturated rings. The molecule has 130 valence electrons. The number of para-hydroxylation sites is 2. The number of hydrogen-bond acceptors (Lipinski definition) is 3. The quantitative estimate of drug-likeness (QED) is 0.799. The highest BCUT2D eigenvalue weighted by molar-refractivity contribution is 5.81. The topological polar surface area (TPSA) is 66.8 Å². The lowest BCUT2D eigenvalue weighted by Crippen LogP contribution is -2.41. The van der Waals surface area contributed by atoms with Gasteiger partial charge in [-0.05, 0) is 44.4 Å². The molecule has 1 aliphatic heterocycles. The summed E-state index contributed by atoms with van der Waals surface area (Å²) in [5, 5.41) is 7.24. The van der Waals surface area contributed by atoms with E-state index in [0.717, 1.165) is 42.8 Å². The Kier molecular flexibility index (Phi) is 4.03. The molecule has 1 N–H and O–H groups in total. The molecular weight excluding hydrogens is 314 g/mol. The molecule has 4 rings (SSSR count). The molecule has 6 nitrogen and oxygen atoms in total. The van der Waals surface area contributed by atoms with Crippen LogP contribution in [-0.4, -0.2) is 43.6 Å². The lowest BCUT2D eigenvalue weighted by atomic mass is 9.93. The predicted octanol–water partition coefficient (Wildman–Crippen LogP) is 2.78. The maximum atomic E-state index is 12.9. The van der Waals surface area contributed by atoms with Crippen LogP contribution >= 0.6 is 0 Å². The summed E-state index contributed by atoms with van der Waals surface area (Å²) in [6.07, 6.45) is 3.98. The summed E-state index contributed by atoms with van der Waals surface area (Å²) in [5.41, 5.74) is 4.31. The van der Waals surface area contributed by atoms with Crippen molar-refractivity contribution in [3.05, 3.63) is 47.5 Å². The summed E-state index contributed by atoms with van der Waals surface area (Å²) >= 11 is 0. The molecule has 6 heteroatoms. The second kappa shape index (κ2) is 6.35. The van der Waals surface area contributed by atoms with E-state index in [0.29, 0.717) is 12.5 Å². The lowest BCUT2D eigenvalue weighted by Gasteiger charge is -2.33. The molecule has 1 amide bonds. The van der Waals surface area contributed by atoms with E-state index in [1.165, 1.54) is 11.3 Å². The molecule has 1 atom stereocenters. The fourth-order valence-corrected chi connectivity index (χ4v) is 3.84. The van der Waals surface area contributed by atoms with E-state index >= 15 is 0 Å². The molecule has 1 aromatic carbocycles. The monoisotopic (exact) mass is 337 g/mol. The van der Waals surface area contributed by atoms with Crippen molar-refractivity contribution in [3.63, 3.8) is 0 Å². The third kappa shape index (κ3) is 2.92. The molecule has 0 bridgehead atoms. The molecule has 0 aliphatic carbocycles. The molecule has 2 aromatic heterocycles. The van der Waals surface area contributed by atoms with Crippen LogP contribution in [-0.2, 0) is 11.3 Å². The molecular formula is C19H23N5O. The first-order chi connectivity index (χ1) is 12.1. The second-order valence-corrected chi connectivity index (χ2v) is 6.88. The first-order valence-corrected chi connectivity index (χ1v) is 8.83. The first-order valence-electron chi connectivity index (χ1n) is 8.83. The van der Waals surface area contributed by atoms with Gasteiger partial charge in [0.05, 0.1) is 17.2 Å². The highest BCUT2D eigenvalue weighted by Crippen LogP contribution is 2.27. The Morgan fingerprint density at radius 2 is 2.16 bits per heavy atom. The van der Waals surface area contributed by atoms with E-state index in [9.17, 15) is 4.79 Å². The van der Waals surface area contributed by atoms with Crippen molar-refractivity contribution in [2.75, 3.05) is 13.1 Å². The fourth-order valence-electron chi connectivity index (χ4n) is 3.84. The van der Waals surface area contributed by atoms with Gasteiger partial charge in [-0.15, -0.1) is 0 Å². The van der Waals surface area contributed by atoms with Gasteiger partial charge in [0.25, 0.3) is 0 Å². The Bertz CT molecular complexity index is 910. The second-order valence-electron chi connectivity index (χ2n) is 6.88. The summed E-state index contributed by atoms with van der Waals surface area (Å²) in [4.78, 5) is 19.5. The Hall–Kier alpha value is -2.63. The lowest BCUT2D eigenvalue weighted by molar-refractivity contribution is -0.133. The predicted molar refractivity (Wildman–Crippen MR) is 96.3 cm³/mol. The number of nitrogens with one attached hydrogen (secondary N) is 1. The number of amides is 1. The van der Waals surface area contributed by atoms with E-state index in [-0.39, 0.29) is 5.91 Å². The van der Waals surface area contributed by atoms with Crippen molar-refractivity contribution in [1.82, 2.24) is 24.6 Å². The Morgan fingerprint density at radius 3 is 2.96 bits per heavy atom. The number of piperidine rings is 1. The molecule has 0 saturated carbocycles. The van der Waals surface area contributed by atoms with Gasteiger partial charge in [-0.25, -0.2) is 4.98 Å². The smallest absolute Gasteiger partial charge is 0.242 e. The van der Waals surface area contributed by atoms with Crippen LogP contribution in [0.1, 0.15) is 35.8 Å². The zero-order valence-corrected chi connectivity index (χ0v) is 14.7. The van der Waals surface area contributed by atoms with E-state index in [2.05, 4.69) is 22.1 Å². The van der Waals surface area contributed by atoms with Gasteiger partial charge >= 0.3 is 0 Å². The van der Waals surface area contributed by atoms with Crippen LogP contribution in [0, 0.1) is 13.8 Å². The SMILES string of the molecule is Cc1cn[nH]c1[C@H]1CCCN(C(=O)Cn2c(C)nc3ccccc32)C1. The minimum Gasteiger partial charge on any atom is -0.340 e. The van der Waals surface area contributed by atoms with Crippen molar-refractivity contribution >= 4 is 16.9 Å². The Balaban J connectivity index is 1.52. The van der Waals surface area contributed by atoms with Gasteiger partial charge in [-0.3, -0.25) is 9.89 Å². The van der Waals surface area contributed by atoms with Crippen molar-refractivity contribution in [3.8, 4) is 0 Å². The fraction of sp³-hybridized carbons (Fsp3) is 0.421. The number of nitrogens with zero attached hydrogens (tertiary/aromatic N) is 4. The summed E-state index contributed by atoms with van der Waals surface area (Å²) < 4.78 is 2.02. The average molecular weight is 337 g/mol. The van der Waals surface area contributed by atoms with Gasteiger partial charge in [0.2, 0.25) is 5.91 Å². The average Bonchev–Trinajstić information content (AvgIpc) is 3.18. The molecule has 0 radical (unpaired) electrons.